The van der Waals surface area contributed by atoms with E-state index in [0.29, 0.717) is 5.56 Å². The van der Waals surface area contributed by atoms with Crippen LogP contribution < -0.4 is 0 Å². The second-order valence-corrected chi connectivity index (χ2v) is 9.13. The van der Waals surface area contributed by atoms with Crippen LogP contribution in [0.25, 0.3) is 33.0 Å². The summed E-state index contributed by atoms with van der Waals surface area (Å²) >= 11 is 3.17. The summed E-state index contributed by atoms with van der Waals surface area (Å²) in [5, 5.41) is 1.97. The molecular formula is C26H21BrF2. The molecule has 4 rings (SSSR count). The van der Waals surface area contributed by atoms with Crippen LogP contribution in [0, 0.1) is 11.6 Å². The van der Waals surface area contributed by atoms with Crippen molar-refractivity contribution in [2.45, 2.75) is 26.2 Å². The van der Waals surface area contributed by atoms with E-state index in [4.69, 9.17) is 0 Å². The molecule has 3 heteroatoms. The molecule has 0 heterocycles. The van der Waals surface area contributed by atoms with Crippen molar-refractivity contribution in [3.8, 4) is 22.3 Å². The van der Waals surface area contributed by atoms with Gasteiger partial charge in [0.2, 0.25) is 0 Å². The maximum Gasteiger partial charge on any atom is 0.140 e. The summed E-state index contributed by atoms with van der Waals surface area (Å²) in [7, 11) is 0. The van der Waals surface area contributed by atoms with Crippen molar-refractivity contribution in [3.05, 3.63) is 94.5 Å². The Kier molecular flexibility index (Phi) is 5.04. The molecule has 4 aromatic rings. The first-order valence-electron chi connectivity index (χ1n) is 9.53. The van der Waals surface area contributed by atoms with Crippen LogP contribution >= 0.6 is 15.9 Å². The summed E-state index contributed by atoms with van der Waals surface area (Å²) < 4.78 is 28.5. The highest BCUT2D eigenvalue weighted by atomic mass is 79.9. The quantitative estimate of drug-likeness (QED) is 0.268. The highest BCUT2D eigenvalue weighted by molar-refractivity contribution is 9.10. The minimum Gasteiger partial charge on any atom is -0.206 e. The summed E-state index contributed by atoms with van der Waals surface area (Å²) in [6.45, 7) is 6.59. The number of hydrogen-bond donors (Lipinski definition) is 0. The van der Waals surface area contributed by atoms with Gasteiger partial charge in [-0.25, -0.2) is 8.78 Å². The van der Waals surface area contributed by atoms with Gasteiger partial charge in [-0.3, -0.25) is 0 Å². The van der Waals surface area contributed by atoms with Gasteiger partial charge in [-0.1, -0.05) is 81.4 Å². The molecule has 0 nitrogen and oxygen atoms in total. The maximum atomic E-state index is 14.6. The Bertz CT molecular complexity index is 1200. The zero-order chi connectivity index (χ0) is 20.8. The van der Waals surface area contributed by atoms with Crippen LogP contribution in [0.5, 0.6) is 0 Å². The molecule has 0 aliphatic rings. The first kappa shape index (κ1) is 19.8. The summed E-state index contributed by atoms with van der Waals surface area (Å²) in [4.78, 5) is 0. The van der Waals surface area contributed by atoms with Gasteiger partial charge in [-0.15, -0.1) is 0 Å². The number of hydrogen-bond acceptors (Lipinski definition) is 0. The van der Waals surface area contributed by atoms with Crippen LogP contribution in [-0.4, -0.2) is 0 Å². The average Bonchev–Trinajstić information content (AvgIpc) is 2.69. The second-order valence-electron chi connectivity index (χ2n) is 8.28. The van der Waals surface area contributed by atoms with Gasteiger partial charge >= 0.3 is 0 Å². The van der Waals surface area contributed by atoms with Crippen molar-refractivity contribution in [1.29, 1.82) is 0 Å². The molecule has 4 aromatic carbocycles. The molecule has 0 fully saturated rings. The van der Waals surface area contributed by atoms with Crippen molar-refractivity contribution in [2.75, 3.05) is 0 Å². The van der Waals surface area contributed by atoms with Crippen LogP contribution in [0.2, 0.25) is 0 Å². The zero-order valence-corrected chi connectivity index (χ0v) is 18.1. The van der Waals surface area contributed by atoms with E-state index in [1.165, 1.54) is 11.6 Å². The van der Waals surface area contributed by atoms with Crippen molar-refractivity contribution in [2.24, 2.45) is 0 Å². The largest absolute Gasteiger partial charge is 0.206 e. The van der Waals surface area contributed by atoms with Gasteiger partial charge in [-0.05, 0) is 60.4 Å². The van der Waals surface area contributed by atoms with Gasteiger partial charge in [0.15, 0.2) is 0 Å². The summed E-state index contributed by atoms with van der Waals surface area (Å²) in [6.07, 6.45) is 0. The van der Waals surface area contributed by atoms with Gasteiger partial charge in [0.25, 0.3) is 0 Å². The molecule has 0 aliphatic heterocycles. The molecule has 0 amide bonds. The van der Waals surface area contributed by atoms with Gasteiger partial charge in [0.1, 0.15) is 11.6 Å². The van der Waals surface area contributed by atoms with E-state index in [1.807, 2.05) is 36.4 Å². The Morgan fingerprint density at radius 1 is 0.655 bits per heavy atom. The monoisotopic (exact) mass is 450 g/mol. The van der Waals surface area contributed by atoms with Crippen molar-refractivity contribution < 1.29 is 8.78 Å². The van der Waals surface area contributed by atoms with E-state index in [-0.39, 0.29) is 9.89 Å². The zero-order valence-electron chi connectivity index (χ0n) is 16.6. The molecular weight excluding hydrogens is 430 g/mol. The highest BCUT2D eigenvalue weighted by Crippen LogP contribution is 2.38. The first-order valence-corrected chi connectivity index (χ1v) is 10.3. The van der Waals surface area contributed by atoms with Crippen LogP contribution in [0.1, 0.15) is 26.3 Å². The van der Waals surface area contributed by atoms with Gasteiger partial charge in [0.05, 0.1) is 4.47 Å². The third kappa shape index (κ3) is 3.72. The van der Waals surface area contributed by atoms with E-state index in [0.717, 1.165) is 33.5 Å². The summed E-state index contributed by atoms with van der Waals surface area (Å²) in [6, 6.07) is 22.9. The Hall–Kier alpha value is -2.52. The van der Waals surface area contributed by atoms with Crippen molar-refractivity contribution in [3.63, 3.8) is 0 Å². The SMILES string of the molecule is CC(C)(C)c1ccc(-c2ccc(-c3cc(Br)c(F)cc3F)c3ccccc23)cc1. The van der Waals surface area contributed by atoms with Gasteiger partial charge in [-0.2, -0.15) is 0 Å². The molecule has 0 radical (unpaired) electrons. The number of halogens is 3. The lowest BCUT2D eigenvalue weighted by Crippen LogP contribution is -2.10. The maximum absolute atomic E-state index is 14.6. The fraction of sp³-hybridized carbons (Fsp3) is 0.154. The smallest absolute Gasteiger partial charge is 0.140 e. The minimum atomic E-state index is -0.605. The number of fused-ring (bicyclic) bond motifs is 1. The summed E-state index contributed by atoms with van der Waals surface area (Å²) in [5.41, 5.74) is 4.70. The van der Waals surface area contributed by atoms with Gasteiger partial charge in [0, 0.05) is 11.6 Å². The average molecular weight is 451 g/mol. The molecule has 0 spiro atoms. The molecule has 0 atom stereocenters. The van der Waals surface area contributed by atoms with Crippen LogP contribution in [0.15, 0.2) is 77.3 Å². The standard InChI is InChI=1S/C26H21BrF2/c1-26(2,3)17-10-8-16(9-11-17)18-12-13-21(20-7-5-4-6-19(18)20)22-14-23(27)25(29)15-24(22)28/h4-15H,1-3H3. The van der Waals surface area contributed by atoms with Crippen LogP contribution in [0.3, 0.4) is 0 Å². The van der Waals surface area contributed by atoms with Crippen molar-refractivity contribution >= 4 is 26.7 Å². The number of benzene rings is 4. The Labute approximate surface area is 178 Å². The fourth-order valence-electron chi connectivity index (χ4n) is 3.66. The minimum absolute atomic E-state index is 0.0952. The van der Waals surface area contributed by atoms with E-state index >= 15 is 0 Å². The van der Waals surface area contributed by atoms with E-state index in [1.54, 1.807) is 0 Å². The molecule has 146 valence electrons. The predicted octanol–water partition coefficient (Wildman–Crippen LogP) is 8.51. The molecule has 0 N–H and O–H groups in total. The van der Waals surface area contributed by atoms with Crippen LogP contribution in [-0.2, 0) is 5.41 Å². The molecule has 29 heavy (non-hydrogen) atoms. The van der Waals surface area contributed by atoms with Crippen LogP contribution in [0.4, 0.5) is 8.78 Å². The second kappa shape index (κ2) is 7.38. The molecule has 0 saturated heterocycles. The normalized spacial score (nSPS) is 11.8. The first-order chi connectivity index (χ1) is 13.8. The highest BCUT2D eigenvalue weighted by Gasteiger charge is 2.16. The Morgan fingerprint density at radius 2 is 1.24 bits per heavy atom. The fourth-order valence-corrected chi connectivity index (χ4v) is 4.01. The van der Waals surface area contributed by atoms with E-state index in [2.05, 4.69) is 61.0 Å². The van der Waals surface area contributed by atoms with Gasteiger partial charge < -0.3 is 0 Å². The van der Waals surface area contributed by atoms with E-state index in [9.17, 15) is 8.78 Å². The third-order valence-electron chi connectivity index (χ3n) is 5.29. The topological polar surface area (TPSA) is 0 Å². The predicted molar refractivity (Wildman–Crippen MR) is 121 cm³/mol. The molecule has 0 bridgehead atoms. The lowest BCUT2D eigenvalue weighted by atomic mass is 9.85. The number of rotatable bonds is 2. The molecule has 0 aliphatic carbocycles. The summed E-state index contributed by atoms with van der Waals surface area (Å²) in [5.74, 6) is -1.18. The lowest BCUT2D eigenvalue weighted by Gasteiger charge is -2.19. The Balaban J connectivity index is 1.90. The molecule has 0 aromatic heterocycles. The third-order valence-corrected chi connectivity index (χ3v) is 5.89. The lowest BCUT2D eigenvalue weighted by molar-refractivity contribution is 0.581. The van der Waals surface area contributed by atoms with E-state index < -0.39 is 11.6 Å². The Morgan fingerprint density at radius 3 is 1.86 bits per heavy atom. The van der Waals surface area contributed by atoms with Crippen molar-refractivity contribution in [1.82, 2.24) is 0 Å². The molecule has 0 unspecified atom stereocenters. The molecule has 0 saturated carbocycles.